The van der Waals surface area contributed by atoms with Gasteiger partial charge in [-0.3, -0.25) is 14.4 Å². The van der Waals surface area contributed by atoms with Gasteiger partial charge in [0, 0.05) is 19.3 Å². The summed E-state index contributed by atoms with van der Waals surface area (Å²) in [6, 6.07) is 0. The minimum absolute atomic E-state index is 0.105. The lowest BCUT2D eigenvalue weighted by Gasteiger charge is -2.18. The van der Waals surface area contributed by atoms with E-state index >= 15 is 0 Å². The van der Waals surface area contributed by atoms with E-state index in [2.05, 4.69) is 154 Å². The Morgan fingerprint density at radius 2 is 0.500 bits per heavy atom. The molecule has 0 aromatic heterocycles. The molecular weight excluding hydrogens is 985 g/mol. The number of unbranched alkanes of at least 4 members (excludes halogenated alkanes) is 26. The molecule has 0 saturated carbocycles. The molecule has 0 aliphatic heterocycles. The number of carbonyl (C=O) groups excluding carboxylic acids is 3. The van der Waals surface area contributed by atoms with Gasteiger partial charge in [-0.2, -0.15) is 0 Å². The molecule has 454 valence electrons. The molecule has 0 N–H and O–H groups in total. The van der Waals surface area contributed by atoms with Crippen molar-refractivity contribution in [3.05, 3.63) is 134 Å². The summed E-state index contributed by atoms with van der Waals surface area (Å²) in [6.07, 6.45) is 94.8. The summed E-state index contributed by atoms with van der Waals surface area (Å²) in [5.74, 6) is -0.968. The number of carbonyl (C=O) groups is 3. The quantitative estimate of drug-likeness (QED) is 0.0261. The van der Waals surface area contributed by atoms with Gasteiger partial charge in [0.1, 0.15) is 13.2 Å². The van der Waals surface area contributed by atoms with Crippen LogP contribution in [-0.2, 0) is 28.6 Å². The van der Waals surface area contributed by atoms with Gasteiger partial charge < -0.3 is 14.2 Å². The molecule has 0 fully saturated rings. The first-order chi connectivity index (χ1) is 39.5. The maximum absolute atomic E-state index is 12.9. The lowest BCUT2D eigenvalue weighted by molar-refractivity contribution is -0.167. The third-order valence-electron chi connectivity index (χ3n) is 13.9. The van der Waals surface area contributed by atoms with Crippen molar-refractivity contribution in [3.63, 3.8) is 0 Å². The van der Waals surface area contributed by atoms with E-state index < -0.39 is 6.10 Å². The van der Waals surface area contributed by atoms with Gasteiger partial charge in [0.25, 0.3) is 0 Å². The number of allylic oxidation sites excluding steroid dienone is 22. The van der Waals surface area contributed by atoms with E-state index in [-0.39, 0.29) is 37.5 Å². The van der Waals surface area contributed by atoms with Crippen molar-refractivity contribution in [3.8, 4) is 0 Å². The highest BCUT2D eigenvalue weighted by molar-refractivity contribution is 5.71. The molecule has 0 aliphatic rings. The molecule has 0 amide bonds. The third-order valence-corrected chi connectivity index (χ3v) is 13.9. The highest BCUT2D eigenvalue weighted by Gasteiger charge is 2.19. The zero-order chi connectivity index (χ0) is 57.8. The topological polar surface area (TPSA) is 78.9 Å². The van der Waals surface area contributed by atoms with Crippen molar-refractivity contribution in [2.24, 2.45) is 0 Å². The molecule has 0 aromatic carbocycles. The summed E-state index contributed by atoms with van der Waals surface area (Å²) >= 11 is 0. The number of ether oxygens (including phenoxy) is 3. The van der Waals surface area contributed by atoms with Crippen molar-refractivity contribution in [1.29, 1.82) is 0 Å². The van der Waals surface area contributed by atoms with Crippen molar-refractivity contribution in [2.45, 2.75) is 303 Å². The zero-order valence-corrected chi connectivity index (χ0v) is 52.0. The predicted molar refractivity (Wildman–Crippen MR) is 348 cm³/mol. The summed E-state index contributed by atoms with van der Waals surface area (Å²) in [5, 5.41) is 0. The Kier molecular flexibility index (Phi) is 63.3. The summed E-state index contributed by atoms with van der Waals surface area (Å²) in [7, 11) is 0. The number of rotatable bonds is 59. The first-order valence-corrected chi connectivity index (χ1v) is 33.2. The Hall–Kier alpha value is -4.45. The van der Waals surface area contributed by atoms with Gasteiger partial charge in [0.2, 0.25) is 0 Å². The SMILES string of the molecule is CC/C=C\C/C=C\C/C=C\C/C=C\C/C=C\CCCCCCCCCCCCCCCCCC(=O)OCC(COC(=O)CCCCCCC/C=C\CCCCCCC)OC(=O)CCC/C=C\C/C=C\C/C=C\C/C=C\C/C=C\CC. The summed E-state index contributed by atoms with van der Waals surface area (Å²) in [5.41, 5.74) is 0. The first kappa shape index (κ1) is 75.5. The van der Waals surface area contributed by atoms with Crippen LogP contribution in [0.4, 0.5) is 0 Å². The smallest absolute Gasteiger partial charge is 0.306 e. The summed E-state index contributed by atoms with van der Waals surface area (Å²) in [4.78, 5) is 38.3. The van der Waals surface area contributed by atoms with E-state index in [1.807, 2.05) is 0 Å². The van der Waals surface area contributed by atoms with Crippen LogP contribution in [0.2, 0.25) is 0 Å². The van der Waals surface area contributed by atoms with Crippen LogP contribution in [0, 0.1) is 0 Å². The van der Waals surface area contributed by atoms with Gasteiger partial charge >= 0.3 is 17.9 Å². The predicted octanol–water partition coefficient (Wildman–Crippen LogP) is 22.9. The first-order valence-electron chi connectivity index (χ1n) is 33.2. The lowest BCUT2D eigenvalue weighted by atomic mass is 10.0. The van der Waals surface area contributed by atoms with Crippen molar-refractivity contribution in [1.82, 2.24) is 0 Å². The Labute approximate surface area is 494 Å². The average molecular weight is 1110 g/mol. The highest BCUT2D eigenvalue weighted by atomic mass is 16.6. The van der Waals surface area contributed by atoms with Gasteiger partial charge in [-0.1, -0.05) is 283 Å². The Morgan fingerprint density at radius 1 is 0.263 bits per heavy atom. The molecule has 6 heteroatoms. The van der Waals surface area contributed by atoms with E-state index in [1.54, 1.807) is 0 Å². The molecular formula is C74H122O6. The second kappa shape index (κ2) is 67.1. The molecule has 1 unspecified atom stereocenters. The monoisotopic (exact) mass is 1110 g/mol. The molecule has 0 rings (SSSR count). The van der Waals surface area contributed by atoms with E-state index in [4.69, 9.17) is 14.2 Å². The molecule has 0 bridgehead atoms. The molecule has 1 atom stereocenters. The van der Waals surface area contributed by atoms with Crippen LogP contribution in [0.15, 0.2) is 134 Å². The minimum atomic E-state index is -0.815. The number of esters is 3. The fourth-order valence-corrected chi connectivity index (χ4v) is 8.97. The zero-order valence-electron chi connectivity index (χ0n) is 52.0. The minimum Gasteiger partial charge on any atom is -0.462 e. The third kappa shape index (κ3) is 64.4. The van der Waals surface area contributed by atoms with E-state index in [9.17, 15) is 14.4 Å². The molecule has 6 nitrogen and oxygen atoms in total. The van der Waals surface area contributed by atoms with E-state index in [0.717, 1.165) is 122 Å². The summed E-state index contributed by atoms with van der Waals surface area (Å²) < 4.78 is 16.9. The van der Waals surface area contributed by atoms with Gasteiger partial charge in [0.05, 0.1) is 0 Å². The molecule has 0 heterocycles. The van der Waals surface area contributed by atoms with Crippen LogP contribution < -0.4 is 0 Å². The van der Waals surface area contributed by atoms with Crippen molar-refractivity contribution in [2.75, 3.05) is 13.2 Å². The molecule has 0 spiro atoms. The maximum atomic E-state index is 12.9. The standard InChI is InChI=1S/C74H122O6/c1-4-7-10-13-16-19-22-25-28-30-31-32-33-34-35-36-37-38-39-40-41-42-43-45-46-49-52-55-58-61-64-67-73(76)79-70-71(69-78-72(75)66-63-60-57-54-51-48-27-24-21-18-15-12-9-6-3)80-74(77)68-65-62-59-56-53-50-47-44-29-26-23-20-17-14-11-8-5-2/h7-8,10-11,16-17,19-20,24-29,31-32,34-35,47,50,56,59,71H,4-6,9,12-15,18,21-23,30,33,36-46,48-49,51-55,57-58,60-70H2,1-3H3/b10-7-,11-8-,19-16-,20-17-,27-24-,28-25-,29-26-,32-31-,35-34-,50-47-,59-56-. The van der Waals surface area contributed by atoms with Crippen LogP contribution in [0.3, 0.4) is 0 Å². The van der Waals surface area contributed by atoms with Crippen molar-refractivity contribution >= 4 is 17.9 Å². The molecule has 0 aliphatic carbocycles. The van der Waals surface area contributed by atoms with Crippen LogP contribution in [0.1, 0.15) is 297 Å². The highest BCUT2D eigenvalue weighted by Crippen LogP contribution is 2.16. The van der Waals surface area contributed by atoms with E-state index in [0.29, 0.717) is 19.3 Å². The molecule has 80 heavy (non-hydrogen) atoms. The normalized spacial score (nSPS) is 13.0. The second-order valence-electron chi connectivity index (χ2n) is 21.6. The van der Waals surface area contributed by atoms with Gasteiger partial charge in [-0.05, 0) is 128 Å². The Balaban J connectivity index is 4.30. The van der Waals surface area contributed by atoms with Gasteiger partial charge in [-0.15, -0.1) is 0 Å². The second-order valence-corrected chi connectivity index (χ2v) is 21.6. The maximum Gasteiger partial charge on any atom is 0.306 e. The molecule has 0 saturated heterocycles. The van der Waals surface area contributed by atoms with Crippen LogP contribution in [-0.4, -0.2) is 37.2 Å². The van der Waals surface area contributed by atoms with Crippen LogP contribution >= 0.6 is 0 Å². The Bertz CT molecular complexity index is 1700. The molecule has 0 radical (unpaired) electrons. The fraction of sp³-hybridized carbons (Fsp3) is 0.662. The largest absolute Gasteiger partial charge is 0.462 e. The van der Waals surface area contributed by atoms with Crippen LogP contribution in [0.5, 0.6) is 0 Å². The number of hydrogen-bond donors (Lipinski definition) is 0. The van der Waals surface area contributed by atoms with Gasteiger partial charge in [-0.25, -0.2) is 0 Å². The Morgan fingerprint density at radius 3 is 0.812 bits per heavy atom. The summed E-state index contributed by atoms with van der Waals surface area (Å²) in [6.45, 7) is 6.36. The molecule has 0 aromatic rings. The van der Waals surface area contributed by atoms with E-state index in [1.165, 1.54) is 128 Å². The number of hydrogen-bond acceptors (Lipinski definition) is 6. The fourth-order valence-electron chi connectivity index (χ4n) is 8.97. The van der Waals surface area contributed by atoms with Crippen molar-refractivity contribution < 1.29 is 28.6 Å². The average Bonchev–Trinajstić information content (AvgIpc) is 3.46. The van der Waals surface area contributed by atoms with Crippen LogP contribution in [0.25, 0.3) is 0 Å². The van der Waals surface area contributed by atoms with Gasteiger partial charge in [0.15, 0.2) is 6.10 Å². The lowest BCUT2D eigenvalue weighted by Crippen LogP contribution is -2.30.